The lowest BCUT2D eigenvalue weighted by atomic mass is 9.79. The number of hydrogen-bond acceptors (Lipinski definition) is 4. The summed E-state index contributed by atoms with van der Waals surface area (Å²) >= 11 is 7.00. The zero-order chi connectivity index (χ0) is 29.7. The number of carbonyl (C=O) groups excluding carboxylic acids is 1. The van der Waals surface area contributed by atoms with Gasteiger partial charge in [-0.15, -0.1) is 11.6 Å². The molecule has 0 bridgehead atoms. The van der Waals surface area contributed by atoms with E-state index in [1.54, 1.807) is 12.1 Å². The molecule has 1 amide bonds. The molecule has 3 fully saturated rings. The number of rotatable bonds is 4. The van der Waals surface area contributed by atoms with Crippen molar-refractivity contribution in [3.05, 3.63) is 64.4 Å². The second-order valence-electron chi connectivity index (χ2n) is 13.3. The Hall–Kier alpha value is -2.87. The predicted octanol–water partition coefficient (Wildman–Crippen LogP) is 6.36. The lowest BCUT2D eigenvalue weighted by Crippen LogP contribution is -2.50. The number of ether oxygens (including phenoxy) is 1. The van der Waals surface area contributed by atoms with Crippen LogP contribution in [0.3, 0.4) is 0 Å². The maximum absolute atomic E-state index is 14.3. The van der Waals surface area contributed by atoms with Crippen molar-refractivity contribution in [2.75, 3.05) is 39.4 Å². The van der Waals surface area contributed by atoms with Crippen LogP contribution in [0, 0.1) is 0 Å². The van der Waals surface area contributed by atoms with Crippen molar-refractivity contribution in [1.82, 2.24) is 14.4 Å². The highest BCUT2D eigenvalue weighted by Gasteiger charge is 2.36. The molecular weight excluding hydrogens is 562 g/mol. The monoisotopic (exact) mass is 603 g/mol. The molecule has 43 heavy (non-hydrogen) atoms. The number of alkyl halides is 1. The number of nitrogens with zero attached hydrogens (tertiary/aromatic N) is 3. The van der Waals surface area contributed by atoms with E-state index >= 15 is 0 Å². The van der Waals surface area contributed by atoms with Crippen molar-refractivity contribution in [3.8, 4) is 0 Å². The summed E-state index contributed by atoms with van der Waals surface area (Å²) in [6, 6.07) is 6.04. The minimum absolute atomic E-state index is 0.0863. The van der Waals surface area contributed by atoms with E-state index in [4.69, 9.17) is 16.3 Å². The minimum Gasteiger partial charge on any atom is -0.478 e. The third kappa shape index (κ3) is 5.49. The molecule has 8 heteroatoms. The van der Waals surface area contributed by atoms with Gasteiger partial charge >= 0.3 is 5.97 Å². The highest BCUT2D eigenvalue weighted by Crippen LogP contribution is 2.48. The first kappa shape index (κ1) is 28.9. The van der Waals surface area contributed by atoms with Crippen molar-refractivity contribution in [3.63, 3.8) is 0 Å². The molecule has 0 spiro atoms. The number of piperidine rings is 1. The first-order valence-electron chi connectivity index (χ1n) is 16.1. The third-order valence-electron chi connectivity index (χ3n) is 10.3. The van der Waals surface area contributed by atoms with Crippen molar-refractivity contribution in [1.29, 1.82) is 0 Å². The minimum atomic E-state index is -0.939. The predicted molar refractivity (Wildman–Crippen MR) is 170 cm³/mol. The van der Waals surface area contributed by atoms with E-state index < -0.39 is 10.8 Å². The van der Waals surface area contributed by atoms with Gasteiger partial charge in [0.1, 0.15) is 0 Å². The molecule has 1 unspecified atom stereocenters. The molecule has 0 radical (unpaired) electrons. The average molecular weight is 604 g/mol. The molecule has 228 valence electrons. The first-order valence-corrected chi connectivity index (χ1v) is 16.5. The molecule has 4 heterocycles. The van der Waals surface area contributed by atoms with Gasteiger partial charge in [-0.3, -0.25) is 9.69 Å². The number of fused-ring (bicyclic) bond motifs is 5. The van der Waals surface area contributed by atoms with Gasteiger partial charge in [0.25, 0.3) is 5.91 Å². The maximum atomic E-state index is 14.3. The molecule has 7 nitrogen and oxygen atoms in total. The summed E-state index contributed by atoms with van der Waals surface area (Å²) in [7, 11) is 0. The molecule has 7 rings (SSSR count). The number of carboxylic acids is 1. The Labute approximate surface area is 258 Å². The quantitative estimate of drug-likeness (QED) is 0.412. The van der Waals surface area contributed by atoms with Crippen LogP contribution in [0.4, 0.5) is 0 Å². The van der Waals surface area contributed by atoms with Crippen molar-refractivity contribution < 1.29 is 19.4 Å². The summed E-state index contributed by atoms with van der Waals surface area (Å²) < 4.78 is 7.79. The summed E-state index contributed by atoms with van der Waals surface area (Å²) in [5.41, 5.74) is 6.47. The molecule has 1 aromatic carbocycles. The summed E-state index contributed by atoms with van der Waals surface area (Å²) in [5.74, 6) is -0.459. The van der Waals surface area contributed by atoms with Gasteiger partial charge in [-0.05, 0) is 74.3 Å². The van der Waals surface area contributed by atoms with Crippen LogP contribution in [0.1, 0.15) is 85.8 Å². The molecule has 1 aromatic heterocycles. The van der Waals surface area contributed by atoms with Gasteiger partial charge in [0.15, 0.2) is 0 Å². The topological polar surface area (TPSA) is 75.0 Å². The third-order valence-corrected chi connectivity index (χ3v) is 10.6. The normalized spacial score (nSPS) is 25.8. The largest absolute Gasteiger partial charge is 0.478 e. The standard InChI is InChI=1S/C35H42ClN3O4/c1-35(36)12-9-24-19-26(33(40)38-13-10-27(11-14-38)37-15-17-43-18-16-37)22-39-30-20-25(34(41)42)7-8-28(30)31(32(39)29(24)21-35)23-5-3-2-4-6-23/h7-9,19-21,23,27H,2-6,10-18,22H2,1H3,(H,41,42). The summed E-state index contributed by atoms with van der Waals surface area (Å²) in [5, 5.41) is 11.0. The number of carbonyl (C=O) groups is 2. The number of aromatic carboxylic acids is 1. The Morgan fingerprint density at radius 3 is 2.49 bits per heavy atom. The summed E-state index contributed by atoms with van der Waals surface area (Å²) in [6.45, 7) is 7.47. The fourth-order valence-electron chi connectivity index (χ4n) is 8.09. The fraction of sp³-hybridized carbons (Fsp3) is 0.543. The lowest BCUT2D eigenvalue weighted by molar-refractivity contribution is -0.129. The number of aromatic nitrogens is 1. The highest BCUT2D eigenvalue weighted by atomic mass is 35.5. The summed E-state index contributed by atoms with van der Waals surface area (Å²) in [6.07, 6.45) is 15.0. The molecule has 5 aliphatic rings. The Morgan fingerprint density at radius 2 is 1.77 bits per heavy atom. The van der Waals surface area contributed by atoms with Crippen LogP contribution < -0.4 is 0 Å². The second kappa shape index (κ2) is 11.6. The van der Waals surface area contributed by atoms with E-state index in [1.165, 1.54) is 24.8 Å². The van der Waals surface area contributed by atoms with Gasteiger partial charge in [0.05, 0.1) is 35.9 Å². The number of halogens is 1. The van der Waals surface area contributed by atoms with Crippen molar-refractivity contribution >= 4 is 40.0 Å². The number of carboxylic acid groups (broad SMARTS) is 1. The number of benzene rings is 1. The van der Waals surface area contributed by atoms with Crippen LogP contribution >= 0.6 is 11.6 Å². The van der Waals surface area contributed by atoms with Crippen LogP contribution in [0.15, 0.2) is 47.6 Å². The van der Waals surface area contributed by atoms with E-state index in [2.05, 4.69) is 27.7 Å². The lowest BCUT2D eigenvalue weighted by Gasteiger charge is -2.40. The van der Waals surface area contributed by atoms with E-state index in [-0.39, 0.29) is 11.5 Å². The van der Waals surface area contributed by atoms with E-state index in [0.29, 0.717) is 24.9 Å². The van der Waals surface area contributed by atoms with Crippen LogP contribution in [0.5, 0.6) is 0 Å². The van der Waals surface area contributed by atoms with Gasteiger partial charge < -0.3 is 19.3 Å². The van der Waals surface area contributed by atoms with Crippen LogP contribution in [0.25, 0.3) is 16.5 Å². The molecule has 3 aliphatic heterocycles. The fourth-order valence-corrected chi connectivity index (χ4v) is 8.27. The van der Waals surface area contributed by atoms with Gasteiger partial charge in [0.2, 0.25) is 0 Å². The number of allylic oxidation sites excluding steroid dienone is 5. The average Bonchev–Trinajstić information content (AvgIpc) is 3.25. The number of hydrogen-bond donors (Lipinski definition) is 1. The first-order chi connectivity index (χ1) is 20.8. The molecule has 2 aromatic rings. The molecule has 1 atom stereocenters. The molecule has 1 N–H and O–H groups in total. The Bertz CT molecular complexity index is 1530. The Kier molecular flexibility index (Phi) is 7.77. The van der Waals surface area contributed by atoms with Gasteiger partial charge in [-0.25, -0.2) is 4.79 Å². The summed E-state index contributed by atoms with van der Waals surface area (Å²) in [4.78, 5) is 30.4. The van der Waals surface area contributed by atoms with Crippen LogP contribution in [-0.4, -0.2) is 81.7 Å². The van der Waals surface area contributed by atoms with Crippen molar-refractivity contribution in [2.24, 2.45) is 0 Å². The maximum Gasteiger partial charge on any atom is 0.335 e. The van der Waals surface area contributed by atoms with Crippen LogP contribution in [-0.2, 0) is 16.1 Å². The Balaban J connectivity index is 1.30. The molecular formula is C35H42ClN3O4. The smallest absolute Gasteiger partial charge is 0.335 e. The van der Waals surface area contributed by atoms with Gasteiger partial charge in [0, 0.05) is 54.3 Å². The SMILES string of the molecule is CC1(Cl)C=C2C(=CC1)C=C(C(=O)N1CCC(N3CCOCC3)CC1)Cn1c2c(C2CCCCC2)c2ccc(C(=O)O)cc21. The second-order valence-corrected chi connectivity index (χ2v) is 14.1. The van der Waals surface area contributed by atoms with E-state index in [9.17, 15) is 14.7 Å². The van der Waals surface area contributed by atoms with Gasteiger partial charge in [-0.1, -0.05) is 37.5 Å². The molecule has 1 saturated carbocycles. The zero-order valence-corrected chi connectivity index (χ0v) is 25.9. The highest BCUT2D eigenvalue weighted by molar-refractivity contribution is 6.26. The van der Waals surface area contributed by atoms with E-state index in [1.807, 2.05) is 17.9 Å². The number of morpholine rings is 1. The number of likely N-dealkylation sites (tertiary alicyclic amines) is 1. The molecule has 2 aliphatic carbocycles. The van der Waals surface area contributed by atoms with E-state index in [0.717, 1.165) is 98.4 Å². The number of amides is 1. The Morgan fingerprint density at radius 1 is 1.02 bits per heavy atom. The van der Waals surface area contributed by atoms with Crippen molar-refractivity contribution in [2.45, 2.75) is 81.7 Å². The zero-order valence-electron chi connectivity index (χ0n) is 25.1. The van der Waals surface area contributed by atoms with Crippen LogP contribution in [0.2, 0.25) is 0 Å². The molecule has 2 saturated heterocycles. The van der Waals surface area contributed by atoms with Gasteiger partial charge in [-0.2, -0.15) is 0 Å².